The summed E-state index contributed by atoms with van der Waals surface area (Å²) in [6.45, 7) is 0.228. The number of nitrogens with two attached hydrogens (primary N) is 1. The van der Waals surface area contributed by atoms with E-state index in [0.717, 1.165) is 16.5 Å². The second-order valence-electron chi connectivity index (χ2n) is 5.62. The van der Waals surface area contributed by atoms with Gasteiger partial charge in [-0.1, -0.05) is 54.6 Å². The molecule has 0 saturated carbocycles. The van der Waals surface area contributed by atoms with Gasteiger partial charge in [0.1, 0.15) is 6.04 Å². The maximum absolute atomic E-state index is 12.7. The SMILES string of the molecule is NC(=O)[C@H]1c2ccccc2CCN1S(=O)(=O)/C=C\c1ccccc1. The van der Waals surface area contributed by atoms with Crippen LogP contribution in [0.4, 0.5) is 0 Å². The van der Waals surface area contributed by atoms with Gasteiger partial charge in [-0.05, 0) is 29.2 Å². The van der Waals surface area contributed by atoms with Crippen LogP contribution in [0, 0.1) is 0 Å². The van der Waals surface area contributed by atoms with Gasteiger partial charge < -0.3 is 5.73 Å². The molecule has 0 fully saturated rings. The number of primary amides is 1. The lowest BCUT2D eigenvalue weighted by Gasteiger charge is -2.33. The number of nitrogens with zero attached hydrogens (tertiary/aromatic N) is 1. The lowest BCUT2D eigenvalue weighted by atomic mass is 9.94. The van der Waals surface area contributed by atoms with Gasteiger partial charge in [-0.2, -0.15) is 4.31 Å². The number of amides is 1. The Morgan fingerprint density at radius 2 is 1.75 bits per heavy atom. The number of fused-ring (bicyclic) bond motifs is 1. The first-order valence-electron chi connectivity index (χ1n) is 7.61. The van der Waals surface area contributed by atoms with Crippen LogP contribution < -0.4 is 5.73 Å². The summed E-state index contributed by atoms with van der Waals surface area (Å²) < 4.78 is 26.6. The van der Waals surface area contributed by atoms with Gasteiger partial charge in [0.25, 0.3) is 0 Å². The Bertz CT molecular complexity index is 876. The Hall–Kier alpha value is -2.44. The predicted octanol–water partition coefficient (Wildman–Crippen LogP) is 2.07. The molecule has 2 aromatic rings. The van der Waals surface area contributed by atoms with E-state index in [1.54, 1.807) is 12.1 Å². The summed E-state index contributed by atoms with van der Waals surface area (Å²) in [6.07, 6.45) is 2.08. The molecule has 1 heterocycles. The van der Waals surface area contributed by atoms with Crippen LogP contribution in [-0.4, -0.2) is 25.2 Å². The molecule has 5 nitrogen and oxygen atoms in total. The van der Waals surface area contributed by atoms with Crippen molar-refractivity contribution in [2.45, 2.75) is 12.5 Å². The molecule has 124 valence electrons. The number of hydrogen-bond acceptors (Lipinski definition) is 3. The molecule has 6 heteroatoms. The molecule has 0 bridgehead atoms. The summed E-state index contributed by atoms with van der Waals surface area (Å²) in [5.41, 5.74) is 7.90. The van der Waals surface area contributed by atoms with Crippen LogP contribution in [0.5, 0.6) is 0 Å². The topological polar surface area (TPSA) is 80.5 Å². The fourth-order valence-corrected chi connectivity index (χ4v) is 4.26. The van der Waals surface area contributed by atoms with Crippen LogP contribution in [0.25, 0.3) is 6.08 Å². The third-order valence-corrected chi connectivity index (χ3v) is 5.59. The minimum Gasteiger partial charge on any atom is -0.368 e. The zero-order chi connectivity index (χ0) is 17.2. The maximum Gasteiger partial charge on any atom is 0.240 e. The van der Waals surface area contributed by atoms with E-state index in [1.165, 1.54) is 10.4 Å². The third-order valence-electron chi connectivity index (χ3n) is 4.07. The van der Waals surface area contributed by atoms with Crippen LogP contribution in [0.2, 0.25) is 0 Å². The standard InChI is InChI=1S/C18H18N2O3S/c19-18(21)17-16-9-5-4-8-15(16)10-12-20(17)24(22,23)13-11-14-6-2-1-3-7-14/h1-9,11,13,17H,10,12H2,(H2,19,21)/b13-11-/t17-/m1/s1. The molecule has 0 saturated heterocycles. The summed E-state index contributed by atoms with van der Waals surface area (Å²) >= 11 is 0. The number of benzene rings is 2. The zero-order valence-electron chi connectivity index (χ0n) is 13.0. The maximum atomic E-state index is 12.7. The van der Waals surface area contributed by atoms with Gasteiger partial charge >= 0.3 is 0 Å². The fourth-order valence-electron chi connectivity index (χ4n) is 2.92. The van der Waals surface area contributed by atoms with E-state index in [1.807, 2.05) is 42.5 Å². The minimum absolute atomic E-state index is 0.228. The highest BCUT2D eigenvalue weighted by molar-refractivity contribution is 7.92. The highest BCUT2D eigenvalue weighted by Gasteiger charge is 2.37. The van der Waals surface area contributed by atoms with Crippen molar-refractivity contribution in [1.29, 1.82) is 0 Å². The largest absolute Gasteiger partial charge is 0.368 e. The van der Waals surface area contributed by atoms with E-state index in [0.29, 0.717) is 12.0 Å². The molecule has 2 aromatic carbocycles. The van der Waals surface area contributed by atoms with Gasteiger partial charge in [-0.3, -0.25) is 4.79 Å². The average Bonchev–Trinajstić information content (AvgIpc) is 2.59. The highest BCUT2D eigenvalue weighted by Crippen LogP contribution is 2.32. The van der Waals surface area contributed by atoms with E-state index in [4.69, 9.17) is 5.73 Å². The smallest absolute Gasteiger partial charge is 0.240 e. The van der Waals surface area contributed by atoms with Crippen LogP contribution in [-0.2, 0) is 21.2 Å². The summed E-state index contributed by atoms with van der Waals surface area (Å²) in [5, 5.41) is 1.13. The Morgan fingerprint density at radius 1 is 1.08 bits per heavy atom. The van der Waals surface area contributed by atoms with Crippen LogP contribution in [0.1, 0.15) is 22.7 Å². The van der Waals surface area contributed by atoms with E-state index >= 15 is 0 Å². The van der Waals surface area contributed by atoms with Gasteiger partial charge in [0.15, 0.2) is 0 Å². The van der Waals surface area contributed by atoms with Crippen molar-refractivity contribution in [2.75, 3.05) is 6.54 Å². The molecule has 2 N–H and O–H groups in total. The monoisotopic (exact) mass is 342 g/mol. The average molecular weight is 342 g/mol. The van der Waals surface area contributed by atoms with Crippen molar-refractivity contribution in [2.24, 2.45) is 5.73 Å². The quantitative estimate of drug-likeness (QED) is 0.923. The predicted molar refractivity (Wildman–Crippen MR) is 93.2 cm³/mol. The Morgan fingerprint density at radius 3 is 2.46 bits per heavy atom. The molecule has 1 aliphatic heterocycles. The zero-order valence-corrected chi connectivity index (χ0v) is 13.8. The van der Waals surface area contributed by atoms with E-state index in [2.05, 4.69) is 0 Å². The second kappa shape index (κ2) is 6.59. The van der Waals surface area contributed by atoms with Crippen LogP contribution in [0.15, 0.2) is 60.0 Å². The summed E-state index contributed by atoms with van der Waals surface area (Å²) in [7, 11) is -3.77. The molecule has 3 rings (SSSR count). The molecule has 0 unspecified atom stereocenters. The molecule has 1 amide bonds. The van der Waals surface area contributed by atoms with Crippen molar-refractivity contribution >= 4 is 22.0 Å². The van der Waals surface area contributed by atoms with Gasteiger partial charge in [0, 0.05) is 12.0 Å². The number of sulfonamides is 1. The van der Waals surface area contributed by atoms with Gasteiger partial charge in [-0.25, -0.2) is 8.42 Å². The van der Waals surface area contributed by atoms with Crippen molar-refractivity contribution in [3.8, 4) is 0 Å². The van der Waals surface area contributed by atoms with Crippen molar-refractivity contribution in [1.82, 2.24) is 4.31 Å². The molecular formula is C18H18N2O3S. The summed E-state index contributed by atoms with van der Waals surface area (Å²) in [4.78, 5) is 11.9. The van der Waals surface area contributed by atoms with Crippen molar-refractivity contribution in [3.63, 3.8) is 0 Å². The minimum atomic E-state index is -3.77. The van der Waals surface area contributed by atoms with E-state index in [9.17, 15) is 13.2 Å². The second-order valence-corrected chi connectivity index (χ2v) is 7.39. The molecule has 1 atom stereocenters. The Labute approximate surface area is 141 Å². The lowest BCUT2D eigenvalue weighted by molar-refractivity contribution is -0.122. The lowest BCUT2D eigenvalue weighted by Crippen LogP contribution is -2.44. The van der Waals surface area contributed by atoms with E-state index < -0.39 is 22.0 Å². The fraction of sp³-hybridized carbons (Fsp3) is 0.167. The molecule has 0 radical (unpaired) electrons. The number of hydrogen-bond donors (Lipinski definition) is 1. The highest BCUT2D eigenvalue weighted by atomic mass is 32.2. The number of carbonyl (C=O) groups excluding carboxylic acids is 1. The van der Waals surface area contributed by atoms with Gasteiger partial charge in [0.2, 0.25) is 15.9 Å². The van der Waals surface area contributed by atoms with E-state index in [-0.39, 0.29) is 6.54 Å². The third kappa shape index (κ3) is 3.25. The first-order valence-corrected chi connectivity index (χ1v) is 9.11. The molecule has 0 aliphatic carbocycles. The number of rotatable bonds is 4. The van der Waals surface area contributed by atoms with Gasteiger partial charge in [-0.15, -0.1) is 0 Å². The molecule has 1 aliphatic rings. The van der Waals surface area contributed by atoms with Crippen molar-refractivity contribution < 1.29 is 13.2 Å². The van der Waals surface area contributed by atoms with Crippen LogP contribution >= 0.6 is 0 Å². The Balaban J connectivity index is 1.95. The van der Waals surface area contributed by atoms with Crippen molar-refractivity contribution in [3.05, 3.63) is 76.7 Å². The molecule has 0 aromatic heterocycles. The first kappa shape index (κ1) is 16.4. The number of carbonyl (C=O) groups is 1. The van der Waals surface area contributed by atoms with Crippen LogP contribution in [0.3, 0.4) is 0 Å². The molecular weight excluding hydrogens is 324 g/mol. The Kier molecular flexibility index (Phi) is 4.51. The summed E-state index contributed by atoms with van der Waals surface area (Å²) in [5.74, 6) is -0.668. The summed E-state index contributed by atoms with van der Waals surface area (Å²) in [6, 6.07) is 15.5. The normalized spacial score (nSPS) is 18.4. The first-order chi connectivity index (χ1) is 11.5. The molecule has 0 spiro atoms. The molecule has 24 heavy (non-hydrogen) atoms. The van der Waals surface area contributed by atoms with Gasteiger partial charge in [0.05, 0.1) is 0 Å².